The van der Waals surface area contributed by atoms with Gasteiger partial charge < -0.3 is 4.90 Å². The number of hydrogen-bond donors (Lipinski definition) is 0. The quantitative estimate of drug-likeness (QED) is 0.505. The van der Waals surface area contributed by atoms with Crippen LogP contribution in [0.5, 0.6) is 0 Å². The second-order valence-corrected chi connectivity index (χ2v) is 10.8. The number of sulfonamides is 1. The number of rotatable bonds is 4. The predicted octanol–water partition coefficient (Wildman–Crippen LogP) is 4.46. The Bertz CT molecular complexity index is 1450. The van der Waals surface area contributed by atoms with Crippen LogP contribution in [0.25, 0.3) is 0 Å². The summed E-state index contributed by atoms with van der Waals surface area (Å²) in [6, 6.07) is 22.4. The smallest absolute Gasteiger partial charge is 0.264 e. The zero-order chi connectivity index (χ0) is 24.0. The molecule has 0 aromatic heterocycles. The van der Waals surface area contributed by atoms with Crippen molar-refractivity contribution in [3.05, 3.63) is 100 Å². The molecule has 2 aliphatic rings. The van der Waals surface area contributed by atoms with E-state index in [0.717, 1.165) is 11.3 Å². The van der Waals surface area contributed by atoms with Crippen molar-refractivity contribution in [3.8, 4) is 0 Å². The summed E-state index contributed by atoms with van der Waals surface area (Å²) in [6.07, 6.45) is 1.82. The van der Waals surface area contributed by atoms with Gasteiger partial charge in [0.05, 0.1) is 23.0 Å². The first-order valence-corrected chi connectivity index (χ1v) is 13.4. The summed E-state index contributed by atoms with van der Waals surface area (Å²) in [5.74, 6) is -1.04. The lowest BCUT2D eigenvalue weighted by atomic mass is 9.91. The molecule has 1 unspecified atom stereocenters. The van der Waals surface area contributed by atoms with Crippen LogP contribution in [-0.4, -0.2) is 40.0 Å². The summed E-state index contributed by atoms with van der Waals surface area (Å²) in [4.78, 5) is 29.3. The number of carbonyl (C=O) groups is 2. The second-order valence-electron chi connectivity index (χ2n) is 8.11. The van der Waals surface area contributed by atoms with Gasteiger partial charge in [-0.3, -0.25) is 13.9 Å². The van der Waals surface area contributed by atoms with Crippen LogP contribution in [0.4, 0.5) is 11.4 Å². The topological polar surface area (TPSA) is 74.8 Å². The summed E-state index contributed by atoms with van der Waals surface area (Å²) in [6.45, 7) is -0.140. The van der Waals surface area contributed by atoms with Gasteiger partial charge in [-0.1, -0.05) is 48.5 Å². The van der Waals surface area contributed by atoms with Crippen molar-refractivity contribution < 1.29 is 18.0 Å². The molecule has 1 atom stereocenters. The van der Waals surface area contributed by atoms with E-state index >= 15 is 0 Å². The van der Waals surface area contributed by atoms with Crippen molar-refractivity contribution in [1.29, 1.82) is 0 Å². The van der Waals surface area contributed by atoms with Crippen molar-refractivity contribution in [2.24, 2.45) is 0 Å². The van der Waals surface area contributed by atoms with E-state index in [9.17, 15) is 18.0 Å². The molecule has 0 saturated carbocycles. The molecule has 0 fully saturated rings. The lowest BCUT2D eigenvalue weighted by Crippen LogP contribution is -2.40. The van der Waals surface area contributed by atoms with Crippen LogP contribution in [-0.2, 0) is 14.8 Å². The van der Waals surface area contributed by atoms with Gasteiger partial charge in [-0.2, -0.15) is 0 Å². The third-order valence-corrected chi connectivity index (χ3v) is 8.99. The number of para-hydroxylation sites is 2. The van der Waals surface area contributed by atoms with E-state index < -0.39 is 15.9 Å². The number of fused-ring (bicyclic) bond motifs is 2. The first kappa shape index (κ1) is 22.4. The Morgan fingerprint density at radius 1 is 0.882 bits per heavy atom. The number of Topliss-reactive ketones (excluding diaryl/α,β-unsaturated/α-hetero) is 1. The summed E-state index contributed by atoms with van der Waals surface area (Å²) >= 11 is 1.32. The lowest BCUT2D eigenvalue weighted by Gasteiger charge is -2.32. The van der Waals surface area contributed by atoms with Gasteiger partial charge in [0.15, 0.2) is 5.78 Å². The van der Waals surface area contributed by atoms with Crippen LogP contribution in [0.15, 0.2) is 94.2 Å². The molecule has 3 aromatic carbocycles. The number of thioether (sulfide) groups is 1. The Labute approximate surface area is 202 Å². The molecule has 0 bridgehead atoms. The number of hydrogen-bond acceptors (Lipinski definition) is 5. The highest BCUT2D eigenvalue weighted by molar-refractivity contribution is 8.02. The SMILES string of the molecule is CS/C(=C1/CN(S(=O)(=O)c2ccccc2)c2ccccc2C1=O)C1C(=O)N(C)c2ccccc21. The van der Waals surface area contributed by atoms with E-state index in [0.29, 0.717) is 21.7 Å². The maximum Gasteiger partial charge on any atom is 0.264 e. The van der Waals surface area contributed by atoms with Crippen LogP contribution in [0, 0.1) is 0 Å². The third kappa shape index (κ3) is 3.36. The summed E-state index contributed by atoms with van der Waals surface area (Å²) < 4.78 is 28.6. The monoisotopic (exact) mass is 490 g/mol. The summed E-state index contributed by atoms with van der Waals surface area (Å²) in [7, 11) is -2.22. The van der Waals surface area contributed by atoms with Crippen molar-refractivity contribution in [2.45, 2.75) is 10.8 Å². The molecule has 0 radical (unpaired) electrons. The van der Waals surface area contributed by atoms with Crippen molar-refractivity contribution in [1.82, 2.24) is 0 Å². The molecular formula is C26H22N2O4S2. The van der Waals surface area contributed by atoms with Crippen LogP contribution < -0.4 is 9.21 Å². The molecule has 0 N–H and O–H groups in total. The minimum atomic E-state index is -3.94. The number of likely N-dealkylation sites (N-methyl/N-ethyl adjacent to an activating group) is 1. The summed E-state index contributed by atoms with van der Waals surface area (Å²) in [5, 5.41) is 0. The molecule has 5 rings (SSSR count). The van der Waals surface area contributed by atoms with E-state index in [4.69, 9.17) is 0 Å². The molecular weight excluding hydrogens is 468 g/mol. The summed E-state index contributed by atoms with van der Waals surface area (Å²) in [5.41, 5.74) is 2.59. The maximum absolute atomic E-state index is 13.7. The highest BCUT2D eigenvalue weighted by Gasteiger charge is 2.42. The standard InChI is InChI=1S/C26H22N2O4S2/c1-27-21-14-8-6-12-18(21)23(26(27)30)25(33-2)20-16-28(22-15-9-7-13-19(22)24(20)29)34(31,32)17-10-4-3-5-11-17/h3-15,23H,16H2,1-2H3/b25-20-. The molecule has 3 aromatic rings. The molecule has 0 saturated heterocycles. The molecule has 0 aliphatic carbocycles. The van der Waals surface area contributed by atoms with E-state index in [-0.39, 0.29) is 23.1 Å². The molecule has 8 heteroatoms. The van der Waals surface area contributed by atoms with Gasteiger partial charge in [0.2, 0.25) is 5.91 Å². The highest BCUT2D eigenvalue weighted by Crippen LogP contribution is 2.46. The normalized spacial score (nSPS) is 19.2. The van der Waals surface area contributed by atoms with Crippen LogP contribution in [0.2, 0.25) is 0 Å². The number of amides is 1. The number of anilines is 2. The van der Waals surface area contributed by atoms with Gasteiger partial charge in [-0.05, 0) is 42.2 Å². The Balaban J connectivity index is 1.71. The molecule has 172 valence electrons. The number of carbonyl (C=O) groups excluding carboxylic acids is 2. The van der Waals surface area contributed by atoms with Crippen molar-refractivity contribution >= 4 is 44.9 Å². The van der Waals surface area contributed by atoms with E-state index in [1.165, 1.54) is 16.1 Å². The number of benzene rings is 3. The zero-order valence-corrected chi connectivity index (χ0v) is 20.3. The van der Waals surface area contributed by atoms with Gasteiger partial charge in [-0.25, -0.2) is 8.42 Å². The zero-order valence-electron chi connectivity index (χ0n) is 18.6. The molecule has 1 amide bonds. The minimum Gasteiger partial charge on any atom is -0.314 e. The van der Waals surface area contributed by atoms with Crippen LogP contribution in [0.1, 0.15) is 21.8 Å². The molecule has 2 heterocycles. The lowest BCUT2D eigenvalue weighted by molar-refractivity contribution is -0.118. The average molecular weight is 491 g/mol. The van der Waals surface area contributed by atoms with Crippen LogP contribution in [0.3, 0.4) is 0 Å². The molecule has 2 aliphatic heterocycles. The molecule has 6 nitrogen and oxygen atoms in total. The van der Waals surface area contributed by atoms with Gasteiger partial charge in [-0.15, -0.1) is 11.8 Å². The van der Waals surface area contributed by atoms with Crippen molar-refractivity contribution in [2.75, 3.05) is 29.1 Å². The second kappa shape index (κ2) is 8.45. The average Bonchev–Trinajstić information content (AvgIpc) is 3.12. The minimum absolute atomic E-state index is 0.137. The van der Waals surface area contributed by atoms with Gasteiger partial charge in [0.1, 0.15) is 0 Å². The largest absolute Gasteiger partial charge is 0.314 e. The highest BCUT2D eigenvalue weighted by atomic mass is 32.2. The van der Waals surface area contributed by atoms with E-state index in [1.54, 1.807) is 66.5 Å². The third-order valence-electron chi connectivity index (χ3n) is 6.29. The molecule has 0 spiro atoms. The fourth-order valence-electron chi connectivity index (χ4n) is 4.62. The Hall–Kier alpha value is -3.36. The Morgan fingerprint density at radius 3 is 2.21 bits per heavy atom. The Kier molecular flexibility index (Phi) is 5.58. The maximum atomic E-state index is 13.7. The van der Waals surface area contributed by atoms with Gasteiger partial charge in [0, 0.05) is 28.8 Å². The predicted molar refractivity (Wildman–Crippen MR) is 135 cm³/mol. The fraction of sp³-hybridized carbons (Fsp3) is 0.154. The Morgan fingerprint density at radius 2 is 1.50 bits per heavy atom. The van der Waals surface area contributed by atoms with Gasteiger partial charge in [0.25, 0.3) is 10.0 Å². The fourth-order valence-corrected chi connectivity index (χ4v) is 6.96. The van der Waals surface area contributed by atoms with E-state index in [2.05, 4.69) is 0 Å². The molecule has 34 heavy (non-hydrogen) atoms. The van der Waals surface area contributed by atoms with E-state index in [1.807, 2.05) is 30.5 Å². The number of nitrogens with zero attached hydrogens (tertiary/aromatic N) is 2. The first-order chi connectivity index (χ1) is 16.4. The van der Waals surface area contributed by atoms with Crippen molar-refractivity contribution in [3.63, 3.8) is 0 Å². The number of ketones is 1. The van der Waals surface area contributed by atoms with Gasteiger partial charge >= 0.3 is 0 Å². The van der Waals surface area contributed by atoms with Crippen LogP contribution >= 0.6 is 11.8 Å². The first-order valence-electron chi connectivity index (χ1n) is 10.7.